The first-order valence-corrected chi connectivity index (χ1v) is 11.5. The number of hydrogen-bond acceptors (Lipinski definition) is 4. The molecule has 0 aliphatic rings. The van der Waals surface area contributed by atoms with Crippen LogP contribution in [-0.4, -0.2) is 55.1 Å². The maximum atomic E-state index is 12.8. The number of unbranched alkanes of at least 4 members (excludes halogenated alkanes) is 2. The van der Waals surface area contributed by atoms with Crippen molar-refractivity contribution in [2.24, 2.45) is 0 Å². The van der Waals surface area contributed by atoms with Crippen molar-refractivity contribution in [2.75, 3.05) is 31.1 Å². The molecule has 7 nitrogen and oxygen atoms in total. The van der Waals surface area contributed by atoms with Crippen molar-refractivity contribution in [3.05, 3.63) is 29.8 Å². The summed E-state index contributed by atoms with van der Waals surface area (Å²) in [4.78, 5) is 39.5. The number of ether oxygens (including phenoxy) is 1. The molecule has 3 amide bonds. The molecule has 1 aromatic rings. The summed E-state index contributed by atoms with van der Waals surface area (Å²) in [6, 6.07) is 7.12. The number of nitrogens with zero attached hydrogens (tertiary/aromatic N) is 2. The number of carbonyl (C=O) groups is 3. The molecular weight excluding hydrogens is 394 g/mol. The van der Waals surface area contributed by atoms with Gasteiger partial charge in [0.25, 0.3) is 5.91 Å². The van der Waals surface area contributed by atoms with E-state index in [1.807, 2.05) is 27.7 Å². The first-order chi connectivity index (χ1) is 14.9. The lowest BCUT2D eigenvalue weighted by Gasteiger charge is -2.25. The van der Waals surface area contributed by atoms with E-state index in [-0.39, 0.29) is 24.0 Å². The van der Waals surface area contributed by atoms with Crippen LogP contribution in [0.15, 0.2) is 24.3 Å². The van der Waals surface area contributed by atoms with Gasteiger partial charge >= 0.3 is 6.09 Å². The summed E-state index contributed by atoms with van der Waals surface area (Å²) in [5, 5.41) is 2.79. The van der Waals surface area contributed by atoms with E-state index in [9.17, 15) is 14.4 Å². The molecule has 1 N–H and O–H groups in total. The highest BCUT2D eigenvalue weighted by Crippen LogP contribution is 2.19. The number of nitrogens with one attached hydrogen (secondary N) is 1. The molecule has 0 radical (unpaired) electrons. The van der Waals surface area contributed by atoms with Gasteiger partial charge in [0.2, 0.25) is 5.91 Å². The van der Waals surface area contributed by atoms with Gasteiger partial charge < -0.3 is 15.0 Å². The molecule has 1 atom stereocenters. The van der Waals surface area contributed by atoms with Gasteiger partial charge in [-0.05, 0) is 70.7 Å². The molecule has 31 heavy (non-hydrogen) atoms. The average molecular weight is 434 g/mol. The summed E-state index contributed by atoms with van der Waals surface area (Å²) in [5.74, 6) is -0.0165. The Morgan fingerprint density at radius 2 is 1.58 bits per heavy atom. The van der Waals surface area contributed by atoms with Crippen LogP contribution in [0.4, 0.5) is 10.5 Å². The lowest BCUT2D eigenvalue weighted by atomic mass is 10.1. The van der Waals surface area contributed by atoms with Gasteiger partial charge in [0.15, 0.2) is 0 Å². The molecule has 0 aliphatic heterocycles. The van der Waals surface area contributed by atoms with E-state index in [1.165, 1.54) is 6.92 Å². The van der Waals surface area contributed by atoms with Crippen LogP contribution in [0.5, 0.6) is 0 Å². The van der Waals surface area contributed by atoms with Crippen LogP contribution in [0.1, 0.15) is 77.1 Å². The number of amides is 3. The third-order valence-corrected chi connectivity index (χ3v) is 5.31. The fraction of sp³-hybridized carbons (Fsp3) is 0.625. The van der Waals surface area contributed by atoms with Crippen molar-refractivity contribution in [3.63, 3.8) is 0 Å². The lowest BCUT2D eigenvalue weighted by Crippen LogP contribution is -2.34. The Hall–Kier alpha value is -2.57. The molecule has 1 aromatic carbocycles. The summed E-state index contributed by atoms with van der Waals surface area (Å²) >= 11 is 0. The van der Waals surface area contributed by atoms with Crippen molar-refractivity contribution < 1.29 is 19.1 Å². The summed E-state index contributed by atoms with van der Waals surface area (Å²) in [5.41, 5.74) is 1.33. The van der Waals surface area contributed by atoms with Crippen molar-refractivity contribution in [2.45, 2.75) is 72.8 Å². The van der Waals surface area contributed by atoms with Gasteiger partial charge in [0.05, 0.1) is 0 Å². The molecule has 0 aromatic heterocycles. The monoisotopic (exact) mass is 433 g/mol. The molecule has 7 heteroatoms. The fourth-order valence-corrected chi connectivity index (χ4v) is 3.39. The van der Waals surface area contributed by atoms with E-state index in [4.69, 9.17) is 4.74 Å². The molecule has 174 valence electrons. The van der Waals surface area contributed by atoms with Gasteiger partial charge in [-0.1, -0.05) is 13.3 Å². The predicted octanol–water partition coefficient (Wildman–Crippen LogP) is 4.61. The predicted molar refractivity (Wildman–Crippen MR) is 124 cm³/mol. The maximum absolute atomic E-state index is 12.8. The van der Waals surface area contributed by atoms with Gasteiger partial charge in [0, 0.05) is 44.4 Å². The zero-order valence-corrected chi connectivity index (χ0v) is 19.8. The number of carbonyl (C=O) groups excluding carboxylic acids is 3. The van der Waals surface area contributed by atoms with E-state index < -0.39 is 0 Å². The van der Waals surface area contributed by atoms with E-state index >= 15 is 0 Å². The second-order valence-electron chi connectivity index (χ2n) is 7.51. The van der Waals surface area contributed by atoms with Crippen molar-refractivity contribution in [1.82, 2.24) is 10.2 Å². The molecule has 1 unspecified atom stereocenters. The maximum Gasteiger partial charge on any atom is 0.414 e. The van der Waals surface area contributed by atoms with Crippen LogP contribution in [0, 0.1) is 0 Å². The molecule has 0 aliphatic carbocycles. The molecule has 0 fully saturated rings. The van der Waals surface area contributed by atoms with Gasteiger partial charge in [-0.15, -0.1) is 0 Å². The van der Waals surface area contributed by atoms with Crippen molar-refractivity contribution >= 4 is 23.6 Å². The topological polar surface area (TPSA) is 79.0 Å². The van der Waals surface area contributed by atoms with E-state index in [2.05, 4.69) is 5.32 Å². The van der Waals surface area contributed by atoms with Gasteiger partial charge in [0.1, 0.15) is 6.10 Å². The standard InChI is InChI=1S/C24H39N3O4/c1-6-22(13-11-10-12-18-25-19(5)28)31-24(30)27(9-4)21-16-14-20(15-17-21)23(29)26(7-2)8-3/h14-17,22H,6-13,18H2,1-5H3,(H,25,28). The number of anilines is 1. The van der Waals surface area contributed by atoms with Gasteiger partial charge in [-0.25, -0.2) is 4.79 Å². The molecule has 0 heterocycles. The molecule has 1 rings (SSSR count). The second-order valence-corrected chi connectivity index (χ2v) is 7.51. The van der Waals surface area contributed by atoms with Crippen LogP contribution in [-0.2, 0) is 9.53 Å². The third kappa shape index (κ3) is 8.99. The Balaban J connectivity index is 2.62. The normalized spacial score (nSPS) is 11.5. The van der Waals surface area contributed by atoms with E-state index in [1.54, 1.807) is 34.1 Å². The van der Waals surface area contributed by atoms with E-state index in [0.717, 1.165) is 32.1 Å². The van der Waals surface area contributed by atoms with Crippen LogP contribution < -0.4 is 10.2 Å². The first kappa shape index (κ1) is 26.5. The molecule has 0 spiro atoms. The summed E-state index contributed by atoms with van der Waals surface area (Å²) in [6.45, 7) is 11.8. The van der Waals surface area contributed by atoms with Crippen LogP contribution in [0.25, 0.3) is 0 Å². The zero-order chi connectivity index (χ0) is 23.2. The second kappa shape index (κ2) is 14.4. The smallest absolute Gasteiger partial charge is 0.414 e. The largest absolute Gasteiger partial charge is 0.446 e. The number of hydrogen-bond donors (Lipinski definition) is 1. The quantitative estimate of drug-likeness (QED) is 0.461. The zero-order valence-electron chi connectivity index (χ0n) is 19.8. The lowest BCUT2D eigenvalue weighted by molar-refractivity contribution is -0.118. The van der Waals surface area contributed by atoms with Crippen LogP contribution >= 0.6 is 0 Å². The molecule has 0 saturated heterocycles. The Morgan fingerprint density at radius 1 is 0.935 bits per heavy atom. The van der Waals surface area contributed by atoms with Gasteiger partial charge in [-0.3, -0.25) is 14.5 Å². The number of rotatable bonds is 13. The highest BCUT2D eigenvalue weighted by atomic mass is 16.6. The molecular formula is C24H39N3O4. The average Bonchev–Trinajstić information content (AvgIpc) is 2.76. The molecule has 0 saturated carbocycles. The fourth-order valence-electron chi connectivity index (χ4n) is 3.39. The van der Waals surface area contributed by atoms with Crippen molar-refractivity contribution in [3.8, 4) is 0 Å². The number of benzene rings is 1. The summed E-state index contributed by atoms with van der Waals surface area (Å²) < 4.78 is 5.74. The minimum atomic E-state index is -0.365. The summed E-state index contributed by atoms with van der Waals surface area (Å²) in [7, 11) is 0. The van der Waals surface area contributed by atoms with Crippen molar-refractivity contribution in [1.29, 1.82) is 0 Å². The SMILES string of the molecule is CCC(CCCCCNC(C)=O)OC(=O)N(CC)c1ccc(C(=O)N(CC)CC)cc1. The van der Waals surface area contributed by atoms with E-state index in [0.29, 0.717) is 37.4 Å². The van der Waals surface area contributed by atoms with Crippen LogP contribution in [0.2, 0.25) is 0 Å². The minimum Gasteiger partial charge on any atom is -0.446 e. The highest BCUT2D eigenvalue weighted by molar-refractivity contribution is 5.95. The first-order valence-electron chi connectivity index (χ1n) is 11.5. The summed E-state index contributed by atoms with van der Waals surface area (Å²) in [6.07, 6.45) is 3.90. The molecule has 0 bridgehead atoms. The Labute approximate surface area is 187 Å². The highest BCUT2D eigenvalue weighted by Gasteiger charge is 2.20. The van der Waals surface area contributed by atoms with Gasteiger partial charge in [-0.2, -0.15) is 0 Å². The Kier molecular flexibility index (Phi) is 12.3. The minimum absolute atomic E-state index is 0.00766. The van der Waals surface area contributed by atoms with Crippen LogP contribution in [0.3, 0.4) is 0 Å². The third-order valence-electron chi connectivity index (χ3n) is 5.31. The Morgan fingerprint density at radius 3 is 2.10 bits per heavy atom. The Bertz CT molecular complexity index is 687.